The van der Waals surface area contributed by atoms with Gasteiger partial charge >= 0.3 is 0 Å². The number of hydrogen-bond donors (Lipinski definition) is 1. The minimum absolute atomic E-state index is 0.0485. The number of nitrogens with zero attached hydrogens (tertiary/aromatic N) is 1. The first kappa shape index (κ1) is 19.2. The van der Waals surface area contributed by atoms with Gasteiger partial charge < -0.3 is 10.6 Å². The fourth-order valence-electron chi connectivity index (χ4n) is 4.64. The van der Waals surface area contributed by atoms with Gasteiger partial charge in [0.05, 0.1) is 0 Å². The van der Waals surface area contributed by atoms with Crippen molar-refractivity contribution in [2.45, 2.75) is 39.0 Å². The highest BCUT2D eigenvalue weighted by Crippen LogP contribution is 2.44. The predicted molar refractivity (Wildman–Crippen MR) is 115 cm³/mol. The summed E-state index contributed by atoms with van der Waals surface area (Å²) in [6.45, 7) is 5.14. The maximum Gasteiger partial charge on any atom is 0.248 e. The monoisotopic (exact) mass is 386 g/mol. The maximum atomic E-state index is 13.0. The molecule has 0 spiro atoms. The summed E-state index contributed by atoms with van der Waals surface area (Å²) in [6, 6.07) is 15.6. The lowest BCUT2D eigenvalue weighted by atomic mass is 9.77. The Morgan fingerprint density at radius 3 is 2.52 bits per heavy atom. The molecule has 0 saturated heterocycles. The number of amides is 1. The minimum atomic E-state index is -0.432. The second-order valence-corrected chi connectivity index (χ2v) is 7.70. The van der Waals surface area contributed by atoms with Gasteiger partial charge in [-0.15, -0.1) is 0 Å². The van der Waals surface area contributed by atoms with Gasteiger partial charge in [-0.3, -0.25) is 9.59 Å². The van der Waals surface area contributed by atoms with Crippen LogP contribution in [0.25, 0.3) is 11.1 Å². The number of hydrogen-bond acceptors (Lipinski definition) is 3. The molecule has 0 saturated carbocycles. The Balaban J connectivity index is 1.85. The predicted octanol–water partition coefficient (Wildman–Crippen LogP) is 4.78. The van der Waals surface area contributed by atoms with Crippen LogP contribution in [0.3, 0.4) is 0 Å². The zero-order valence-electron chi connectivity index (χ0n) is 16.9. The van der Waals surface area contributed by atoms with Crippen molar-refractivity contribution in [3.8, 4) is 11.1 Å². The summed E-state index contributed by atoms with van der Waals surface area (Å²) in [4.78, 5) is 26.7. The number of rotatable bonds is 4. The van der Waals surface area contributed by atoms with E-state index in [1.165, 1.54) is 11.4 Å². The van der Waals surface area contributed by atoms with Gasteiger partial charge in [0.25, 0.3) is 0 Å². The van der Waals surface area contributed by atoms with Gasteiger partial charge in [-0.1, -0.05) is 42.5 Å². The third-order valence-electron chi connectivity index (χ3n) is 5.99. The van der Waals surface area contributed by atoms with E-state index in [4.69, 9.17) is 5.73 Å². The Morgan fingerprint density at radius 2 is 1.83 bits per heavy atom. The second-order valence-electron chi connectivity index (χ2n) is 7.70. The van der Waals surface area contributed by atoms with Crippen LogP contribution in [0.1, 0.15) is 54.9 Å². The molecule has 2 aromatic rings. The maximum absolute atomic E-state index is 13.0. The normalized spacial score (nSPS) is 19.1. The van der Waals surface area contributed by atoms with Crippen molar-refractivity contribution < 1.29 is 9.59 Å². The largest absolute Gasteiger partial charge is 0.366 e. The molecule has 1 heterocycles. The molecule has 4 rings (SSSR count). The number of carbonyl (C=O) groups excluding carboxylic acids is 2. The van der Waals surface area contributed by atoms with Crippen molar-refractivity contribution in [1.29, 1.82) is 0 Å². The third-order valence-corrected chi connectivity index (χ3v) is 5.99. The van der Waals surface area contributed by atoms with E-state index in [1.807, 2.05) is 24.3 Å². The molecule has 0 bridgehead atoms. The number of ketones is 1. The van der Waals surface area contributed by atoms with Crippen molar-refractivity contribution in [3.63, 3.8) is 0 Å². The van der Waals surface area contributed by atoms with Crippen molar-refractivity contribution in [3.05, 3.63) is 82.7 Å². The van der Waals surface area contributed by atoms with Crippen molar-refractivity contribution in [1.82, 2.24) is 4.90 Å². The molecule has 1 aliphatic carbocycles. The van der Waals surface area contributed by atoms with Crippen LogP contribution in [0.4, 0.5) is 0 Å². The molecule has 1 atom stereocenters. The van der Waals surface area contributed by atoms with Crippen molar-refractivity contribution >= 4 is 11.7 Å². The molecule has 148 valence electrons. The van der Waals surface area contributed by atoms with Crippen LogP contribution in [0.15, 0.2) is 71.6 Å². The van der Waals surface area contributed by atoms with Crippen LogP contribution in [-0.4, -0.2) is 23.1 Å². The Labute approximate surface area is 171 Å². The summed E-state index contributed by atoms with van der Waals surface area (Å²) < 4.78 is 0. The molecule has 2 N–H and O–H groups in total. The summed E-state index contributed by atoms with van der Waals surface area (Å²) in [5.74, 6) is -0.220. The zero-order chi connectivity index (χ0) is 20.5. The third kappa shape index (κ3) is 3.39. The van der Waals surface area contributed by atoms with Crippen LogP contribution in [0.2, 0.25) is 0 Å². The Kier molecular flexibility index (Phi) is 5.10. The molecule has 4 heteroatoms. The highest BCUT2D eigenvalue weighted by atomic mass is 16.1. The quantitative estimate of drug-likeness (QED) is 0.822. The first-order chi connectivity index (χ1) is 14.0. The molecule has 2 aromatic carbocycles. The highest BCUT2D eigenvalue weighted by molar-refractivity contribution is 5.99. The van der Waals surface area contributed by atoms with Gasteiger partial charge in [0, 0.05) is 41.4 Å². The smallest absolute Gasteiger partial charge is 0.248 e. The number of benzene rings is 2. The van der Waals surface area contributed by atoms with Crippen LogP contribution in [0.5, 0.6) is 0 Å². The molecule has 1 aliphatic heterocycles. The topological polar surface area (TPSA) is 63.4 Å². The van der Waals surface area contributed by atoms with Crippen LogP contribution >= 0.6 is 0 Å². The molecule has 29 heavy (non-hydrogen) atoms. The standard InChI is InChI=1S/C25H26N2O2/c1-3-27-16(2)15-21(24-22(27)9-6-10-23(24)28)20-8-5-4-7-19(20)17-11-13-18(14-12-17)25(26)29/h4-5,7-8,11-15,21H,3,6,9-10H2,1-2H3,(H2,26,29). The molecule has 1 amide bonds. The lowest BCUT2D eigenvalue weighted by Crippen LogP contribution is -2.32. The molecule has 4 nitrogen and oxygen atoms in total. The highest BCUT2D eigenvalue weighted by Gasteiger charge is 2.34. The summed E-state index contributed by atoms with van der Waals surface area (Å²) >= 11 is 0. The second kappa shape index (κ2) is 7.70. The van der Waals surface area contributed by atoms with E-state index < -0.39 is 5.91 Å². The van der Waals surface area contributed by atoms with Crippen molar-refractivity contribution in [2.24, 2.45) is 5.73 Å². The lowest BCUT2D eigenvalue weighted by molar-refractivity contribution is -0.116. The Bertz CT molecular complexity index is 1030. The Morgan fingerprint density at radius 1 is 1.10 bits per heavy atom. The number of primary amides is 1. The van der Waals surface area contributed by atoms with Crippen LogP contribution in [-0.2, 0) is 4.79 Å². The summed E-state index contributed by atoms with van der Waals surface area (Å²) in [5, 5.41) is 0. The molecular formula is C25H26N2O2. The van der Waals surface area contributed by atoms with Gasteiger partial charge in [-0.2, -0.15) is 0 Å². The number of carbonyl (C=O) groups is 2. The van der Waals surface area contributed by atoms with E-state index in [1.54, 1.807) is 12.1 Å². The van der Waals surface area contributed by atoms with Gasteiger partial charge in [0.1, 0.15) is 0 Å². The average Bonchev–Trinajstić information content (AvgIpc) is 2.73. The SMILES string of the molecule is CCN1C(C)=CC(c2ccccc2-c2ccc(C(N)=O)cc2)C2=C1CCCC2=O. The van der Waals surface area contributed by atoms with Gasteiger partial charge in [-0.25, -0.2) is 0 Å². The van der Waals surface area contributed by atoms with Crippen LogP contribution in [0, 0.1) is 0 Å². The van der Waals surface area contributed by atoms with E-state index in [0.29, 0.717) is 12.0 Å². The van der Waals surface area contributed by atoms with Gasteiger partial charge in [0.15, 0.2) is 5.78 Å². The van der Waals surface area contributed by atoms with Gasteiger partial charge in [-0.05, 0) is 55.5 Å². The Hall–Kier alpha value is -3.14. The van der Waals surface area contributed by atoms with Gasteiger partial charge in [0.2, 0.25) is 5.91 Å². The van der Waals surface area contributed by atoms with E-state index in [9.17, 15) is 9.59 Å². The first-order valence-corrected chi connectivity index (χ1v) is 10.2. The summed E-state index contributed by atoms with van der Waals surface area (Å²) in [6.07, 6.45) is 4.72. The van der Waals surface area contributed by atoms with Crippen LogP contribution < -0.4 is 5.73 Å². The zero-order valence-corrected chi connectivity index (χ0v) is 16.9. The number of allylic oxidation sites excluding steroid dienone is 4. The number of Topliss-reactive ketones (excluding diaryl/α,β-unsaturated/α-hetero) is 1. The molecule has 0 radical (unpaired) electrons. The molecule has 1 unspecified atom stereocenters. The number of nitrogens with two attached hydrogens (primary N) is 1. The van der Waals surface area contributed by atoms with Crippen molar-refractivity contribution in [2.75, 3.05) is 6.54 Å². The molecule has 2 aliphatic rings. The molecule has 0 fully saturated rings. The minimum Gasteiger partial charge on any atom is -0.366 e. The summed E-state index contributed by atoms with van der Waals surface area (Å²) in [5.41, 5.74) is 12.4. The first-order valence-electron chi connectivity index (χ1n) is 10.2. The molecular weight excluding hydrogens is 360 g/mol. The van der Waals surface area contributed by atoms with E-state index in [2.05, 4.69) is 37.0 Å². The van der Waals surface area contributed by atoms with E-state index >= 15 is 0 Å². The van der Waals surface area contributed by atoms with E-state index in [0.717, 1.165) is 41.6 Å². The summed E-state index contributed by atoms with van der Waals surface area (Å²) in [7, 11) is 0. The average molecular weight is 386 g/mol. The fourth-order valence-corrected chi connectivity index (χ4v) is 4.64. The lowest BCUT2D eigenvalue weighted by Gasteiger charge is -2.38. The fraction of sp³-hybridized carbons (Fsp3) is 0.280. The van der Waals surface area contributed by atoms with E-state index in [-0.39, 0.29) is 11.7 Å². The molecule has 0 aromatic heterocycles.